The van der Waals surface area contributed by atoms with Crippen LogP contribution in [0.2, 0.25) is 0 Å². The van der Waals surface area contributed by atoms with E-state index in [1.54, 1.807) is 36.4 Å². The van der Waals surface area contributed by atoms with Crippen LogP contribution in [0.25, 0.3) is 0 Å². The summed E-state index contributed by atoms with van der Waals surface area (Å²) in [5.74, 6) is -0.904. The second-order valence-corrected chi connectivity index (χ2v) is 10.1. The van der Waals surface area contributed by atoms with Gasteiger partial charge in [0.05, 0.1) is 0 Å². The summed E-state index contributed by atoms with van der Waals surface area (Å²) < 4.78 is 94.5. The second kappa shape index (κ2) is 13.5. The zero-order chi connectivity index (χ0) is 32.9. The van der Waals surface area contributed by atoms with Crippen LogP contribution in [0.4, 0.5) is 41.2 Å². The molecule has 0 aliphatic carbocycles. The molecule has 0 bridgehead atoms. The fourth-order valence-corrected chi connectivity index (χ4v) is 4.68. The lowest BCUT2D eigenvalue weighted by Gasteiger charge is -2.31. The summed E-state index contributed by atoms with van der Waals surface area (Å²) in [4.78, 5) is 39.6. The Labute approximate surface area is 249 Å². The van der Waals surface area contributed by atoms with Crippen LogP contribution in [0.3, 0.4) is 0 Å². The van der Waals surface area contributed by atoms with Gasteiger partial charge in [-0.1, -0.05) is 42.5 Å². The smallest absolute Gasteiger partial charge is 0.341 e. The van der Waals surface area contributed by atoms with Crippen molar-refractivity contribution in [3.63, 3.8) is 0 Å². The Bertz CT molecular complexity index is 1470. The molecule has 3 aromatic rings. The van der Waals surface area contributed by atoms with Gasteiger partial charge in [0.2, 0.25) is 0 Å². The lowest BCUT2D eigenvalue weighted by molar-refractivity contribution is -0.348. The Morgan fingerprint density at radius 2 is 1.34 bits per heavy atom. The van der Waals surface area contributed by atoms with Crippen LogP contribution in [0, 0.1) is 13.8 Å². The average Bonchev–Trinajstić information content (AvgIpc) is 2.97. The van der Waals surface area contributed by atoms with Crippen molar-refractivity contribution in [2.45, 2.75) is 44.7 Å². The van der Waals surface area contributed by atoms with Crippen LogP contribution in [-0.2, 0) is 12.1 Å². The van der Waals surface area contributed by atoms with Crippen molar-refractivity contribution >= 4 is 23.4 Å². The first-order valence-electron chi connectivity index (χ1n) is 13.4. The molecule has 0 heterocycles. The third-order valence-electron chi connectivity index (χ3n) is 7.03. The van der Waals surface area contributed by atoms with Gasteiger partial charge in [0.15, 0.2) is 5.78 Å². The van der Waals surface area contributed by atoms with Gasteiger partial charge in [0.25, 0.3) is 5.91 Å². The molecule has 0 spiro atoms. The first-order valence-corrected chi connectivity index (χ1v) is 13.4. The Morgan fingerprint density at radius 1 is 0.773 bits per heavy atom. The topological polar surface area (TPSA) is 78.5 Å². The highest BCUT2D eigenvalue weighted by Gasteiger charge is 2.73. The maximum atomic E-state index is 14.7. The summed E-state index contributed by atoms with van der Waals surface area (Å²) in [5.41, 5.74) is -6.45. The maximum Gasteiger partial charge on any atom is 0.435 e. The number of alkyl halides is 7. The minimum atomic E-state index is -6.26. The van der Waals surface area contributed by atoms with Crippen LogP contribution in [0.5, 0.6) is 0 Å². The van der Waals surface area contributed by atoms with Gasteiger partial charge in [-0.05, 0) is 61.2 Å². The van der Waals surface area contributed by atoms with E-state index < -0.39 is 41.8 Å². The molecule has 0 saturated heterocycles. The van der Waals surface area contributed by atoms with Gasteiger partial charge in [0.1, 0.15) is 0 Å². The predicted molar refractivity (Wildman–Crippen MR) is 150 cm³/mol. The fraction of sp³-hybridized carbons (Fsp3) is 0.323. The summed E-state index contributed by atoms with van der Waals surface area (Å²) in [6.07, 6.45) is -12.6. The third kappa shape index (κ3) is 7.37. The molecule has 3 rings (SSSR count). The van der Waals surface area contributed by atoms with Crippen LogP contribution >= 0.6 is 0 Å². The van der Waals surface area contributed by atoms with E-state index in [0.29, 0.717) is 29.8 Å². The standard InChI is InChI=1S/C31H30F7N3O3/c1-19-15-23(29(32,30(33,34)35)31(36,37)38)16-20(2)25(19)18-26(42)22-11-7-12-24(17-22)41(14-8-13-40-28(44)39-3)27(43)21-9-5-4-6-10-21/h4-7,9-12,15-17H,8,13-14,18H2,1-3H3,(H2,39,40,44). The van der Waals surface area contributed by atoms with Crippen molar-refractivity contribution in [3.8, 4) is 0 Å². The molecule has 0 unspecified atom stereocenters. The molecule has 3 aromatic carbocycles. The number of benzene rings is 3. The summed E-state index contributed by atoms with van der Waals surface area (Å²) >= 11 is 0. The number of nitrogens with one attached hydrogen (secondary N) is 2. The molecule has 3 amide bonds. The molecule has 236 valence electrons. The number of nitrogens with zero attached hydrogens (tertiary/aromatic N) is 1. The number of urea groups is 1. The van der Waals surface area contributed by atoms with E-state index in [2.05, 4.69) is 10.6 Å². The number of anilines is 1. The maximum absolute atomic E-state index is 14.7. The quantitative estimate of drug-likeness (QED) is 0.145. The van der Waals surface area contributed by atoms with Crippen LogP contribution in [-0.4, -0.2) is 50.2 Å². The molecule has 0 aliphatic heterocycles. The van der Waals surface area contributed by atoms with Gasteiger partial charge in [-0.3, -0.25) is 9.59 Å². The number of hydrogen-bond acceptors (Lipinski definition) is 3. The Morgan fingerprint density at radius 3 is 1.89 bits per heavy atom. The number of ketones is 1. The molecule has 6 nitrogen and oxygen atoms in total. The SMILES string of the molecule is CNC(=O)NCCCN(C(=O)c1ccccc1)c1cccc(C(=O)Cc2c(C)cc(C(F)(C(F)(F)F)C(F)(F)F)cc2C)c1. The van der Waals surface area contributed by atoms with Crippen LogP contribution in [0.1, 0.15) is 49.4 Å². The first-order chi connectivity index (χ1) is 20.5. The highest BCUT2D eigenvalue weighted by atomic mass is 19.4. The second-order valence-electron chi connectivity index (χ2n) is 10.1. The molecule has 2 N–H and O–H groups in total. The van der Waals surface area contributed by atoms with E-state index >= 15 is 0 Å². The number of rotatable bonds is 10. The third-order valence-corrected chi connectivity index (χ3v) is 7.03. The molecule has 13 heteroatoms. The summed E-state index contributed by atoms with van der Waals surface area (Å²) in [6, 6.07) is 14.9. The molecule has 0 aromatic heterocycles. The number of aryl methyl sites for hydroxylation is 2. The molecular formula is C31H30F7N3O3. The zero-order valence-electron chi connectivity index (χ0n) is 24.0. The lowest BCUT2D eigenvalue weighted by Crippen LogP contribution is -2.50. The van der Waals surface area contributed by atoms with E-state index in [-0.39, 0.29) is 41.3 Å². The highest BCUT2D eigenvalue weighted by molar-refractivity contribution is 6.07. The molecule has 0 radical (unpaired) electrons. The predicted octanol–water partition coefficient (Wildman–Crippen LogP) is 6.98. The highest BCUT2D eigenvalue weighted by Crippen LogP contribution is 2.53. The van der Waals surface area contributed by atoms with Gasteiger partial charge in [-0.15, -0.1) is 0 Å². The van der Waals surface area contributed by atoms with E-state index in [9.17, 15) is 45.1 Å². The number of carbonyl (C=O) groups is 3. The van der Waals surface area contributed by atoms with Gasteiger partial charge in [-0.2, -0.15) is 26.3 Å². The van der Waals surface area contributed by atoms with Crippen molar-refractivity contribution < 1.29 is 45.1 Å². The van der Waals surface area contributed by atoms with Gasteiger partial charge < -0.3 is 15.5 Å². The molecular weight excluding hydrogens is 595 g/mol. The number of hydrogen-bond donors (Lipinski definition) is 2. The normalized spacial score (nSPS) is 12.0. The number of halogens is 7. The number of amides is 3. The lowest BCUT2D eigenvalue weighted by atomic mass is 9.87. The van der Waals surface area contributed by atoms with E-state index in [0.717, 1.165) is 0 Å². The van der Waals surface area contributed by atoms with E-state index in [1.807, 2.05) is 0 Å². The van der Waals surface area contributed by atoms with Crippen LogP contribution in [0.15, 0.2) is 66.7 Å². The minimum Gasteiger partial charge on any atom is -0.341 e. The summed E-state index contributed by atoms with van der Waals surface area (Å²) in [6.45, 7) is 2.82. The number of carbonyl (C=O) groups excluding carboxylic acids is 3. The monoisotopic (exact) mass is 625 g/mol. The van der Waals surface area contributed by atoms with Crippen LogP contribution < -0.4 is 15.5 Å². The fourth-order valence-electron chi connectivity index (χ4n) is 4.68. The first kappa shape index (κ1) is 34.1. The van der Waals surface area contributed by atoms with Gasteiger partial charge in [-0.25, -0.2) is 9.18 Å². The van der Waals surface area contributed by atoms with Crippen molar-refractivity contribution in [2.75, 3.05) is 25.0 Å². The van der Waals surface area contributed by atoms with Crippen molar-refractivity contribution in [1.29, 1.82) is 0 Å². The summed E-state index contributed by atoms with van der Waals surface area (Å²) in [5, 5.41) is 5.04. The number of Topliss-reactive ketones (excluding diaryl/α,β-unsaturated/α-hetero) is 1. The van der Waals surface area contributed by atoms with Gasteiger partial charge in [0, 0.05) is 48.9 Å². The van der Waals surface area contributed by atoms with E-state index in [1.165, 1.54) is 44.0 Å². The molecule has 0 saturated carbocycles. The largest absolute Gasteiger partial charge is 0.435 e. The average molecular weight is 626 g/mol. The Hall–Kier alpha value is -4.42. The van der Waals surface area contributed by atoms with Crippen molar-refractivity contribution in [1.82, 2.24) is 10.6 Å². The van der Waals surface area contributed by atoms with Crippen molar-refractivity contribution in [3.05, 3.63) is 100 Å². The van der Waals surface area contributed by atoms with Crippen molar-refractivity contribution in [2.24, 2.45) is 0 Å². The van der Waals surface area contributed by atoms with E-state index in [4.69, 9.17) is 0 Å². The Balaban J connectivity index is 1.91. The summed E-state index contributed by atoms with van der Waals surface area (Å²) in [7, 11) is 1.46. The minimum absolute atomic E-state index is 0.121. The van der Waals surface area contributed by atoms with Gasteiger partial charge >= 0.3 is 24.1 Å². The zero-order valence-corrected chi connectivity index (χ0v) is 24.0. The molecule has 0 fully saturated rings. The molecule has 0 atom stereocenters. The molecule has 0 aliphatic rings. The Kier molecular flexibility index (Phi) is 10.4. The molecule has 44 heavy (non-hydrogen) atoms.